The van der Waals surface area contributed by atoms with Crippen molar-refractivity contribution in [2.24, 2.45) is 11.7 Å². The highest BCUT2D eigenvalue weighted by molar-refractivity contribution is 5.97. The molecule has 0 unspecified atom stereocenters. The average Bonchev–Trinajstić information content (AvgIpc) is 2.39. The number of carbonyl (C=O) groups excluding carboxylic acids is 2. The summed E-state index contributed by atoms with van der Waals surface area (Å²) in [5.41, 5.74) is 4.82. The number of esters is 1. The predicted molar refractivity (Wildman–Crippen MR) is 69.1 cm³/mol. The van der Waals surface area contributed by atoms with E-state index >= 15 is 0 Å². The molecule has 0 aliphatic heterocycles. The highest BCUT2D eigenvalue weighted by Gasteiger charge is 2.21. The van der Waals surface area contributed by atoms with Crippen LogP contribution >= 0.6 is 0 Å². The van der Waals surface area contributed by atoms with Gasteiger partial charge in [-0.25, -0.2) is 13.6 Å². The van der Waals surface area contributed by atoms with Gasteiger partial charge in [0, 0.05) is 6.07 Å². The number of hydrogen-bond acceptors (Lipinski definition) is 4. The maximum absolute atomic E-state index is 13.6. The highest BCUT2D eigenvalue weighted by Crippen LogP contribution is 2.20. The molecular formula is C13H16F2N2O3. The first-order valence-electron chi connectivity index (χ1n) is 5.91. The molecule has 0 bridgehead atoms. The Labute approximate surface area is 115 Å². The SMILES string of the molecule is COC(=O)c1cc(NC(=O)[C@@H](N)C(C)C)c(F)cc1F. The molecule has 3 N–H and O–H groups in total. The lowest BCUT2D eigenvalue weighted by molar-refractivity contribution is -0.118. The third-order valence-corrected chi connectivity index (χ3v) is 2.74. The van der Waals surface area contributed by atoms with Crippen molar-refractivity contribution in [1.82, 2.24) is 0 Å². The largest absolute Gasteiger partial charge is 0.465 e. The number of rotatable bonds is 4. The lowest BCUT2D eigenvalue weighted by Crippen LogP contribution is -2.40. The van der Waals surface area contributed by atoms with Gasteiger partial charge in [-0.1, -0.05) is 13.8 Å². The number of methoxy groups -OCH3 is 1. The van der Waals surface area contributed by atoms with Gasteiger partial charge in [0.05, 0.1) is 24.4 Å². The topological polar surface area (TPSA) is 81.4 Å². The van der Waals surface area contributed by atoms with Crippen molar-refractivity contribution in [2.75, 3.05) is 12.4 Å². The van der Waals surface area contributed by atoms with Crippen LogP contribution in [0.4, 0.5) is 14.5 Å². The molecule has 0 radical (unpaired) electrons. The van der Waals surface area contributed by atoms with Crippen LogP contribution in [0, 0.1) is 17.6 Å². The van der Waals surface area contributed by atoms with Gasteiger partial charge in [-0.15, -0.1) is 0 Å². The summed E-state index contributed by atoms with van der Waals surface area (Å²) < 4.78 is 31.4. The zero-order valence-electron chi connectivity index (χ0n) is 11.4. The number of carbonyl (C=O) groups is 2. The van der Waals surface area contributed by atoms with Crippen molar-refractivity contribution < 1.29 is 23.1 Å². The van der Waals surface area contributed by atoms with Gasteiger partial charge in [0.15, 0.2) is 0 Å². The zero-order valence-corrected chi connectivity index (χ0v) is 11.4. The van der Waals surface area contributed by atoms with Crippen molar-refractivity contribution in [2.45, 2.75) is 19.9 Å². The number of ether oxygens (including phenoxy) is 1. The highest BCUT2D eigenvalue weighted by atomic mass is 19.1. The second kappa shape index (κ2) is 6.42. The van der Waals surface area contributed by atoms with Gasteiger partial charge in [-0.3, -0.25) is 4.79 Å². The molecule has 0 fully saturated rings. The Morgan fingerprint density at radius 3 is 2.35 bits per heavy atom. The normalized spacial score (nSPS) is 12.2. The summed E-state index contributed by atoms with van der Waals surface area (Å²) in [6, 6.07) is 0.533. The number of amides is 1. The summed E-state index contributed by atoms with van der Waals surface area (Å²) in [6.45, 7) is 3.45. The van der Waals surface area contributed by atoms with Crippen LogP contribution in [0.2, 0.25) is 0 Å². The van der Waals surface area contributed by atoms with Gasteiger partial charge in [0.25, 0.3) is 0 Å². The van der Waals surface area contributed by atoms with E-state index in [1.165, 1.54) is 0 Å². The smallest absolute Gasteiger partial charge is 0.340 e. The fraction of sp³-hybridized carbons (Fsp3) is 0.385. The van der Waals surface area contributed by atoms with Crippen LogP contribution in [0.15, 0.2) is 12.1 Å². The Balaban J connectivity index is 3.07. The number of anilines is 1. The van der Waals surface area contributed by atoms with E-state index in [2.05, 4.69) is 10.1 Å². The predicted octanol–water partition coefficient (Wildman–Crippen LogP) is 1.67. The fourth-order valence-electron chi connectivity index (χ4n) is 1.43. The van der Waals surface area contributed by atoms with Crippen molar-refractivity contribution in [3.8, 4) is 0 Å². The molecule has 0 aliphatic carbocycles. The lowest BCUT2D eigenvalue weighted by atomic mass is 10.0. The Bertz CT molecular complexity index is 533. The fourth-order valence-corrected chi connectivity index (χ4v) is 1.43. The molecule has 0 aromatic heterocycles. The number of halogens is 2. The van der Waals surface area contributed by atoms with E-state index in [9.17, 15) is 18.4 Å². The molecular weight excluding hydrogens is 270 g/mol. The van der Waals surface area contributed by atoms with E-state index in [0.717, 1.165) is 13.2 Å². The molecule has 5 nitrogen and oxygen atoms in total. The molecule has 20 heavy (non-hydrogen) atoms. The first-order valence-corrected chi connectivity index (χ1v) is 5.91. The van der Waals surface area contributed by atoms with Crippen LogP contribution < -0.4 is 11.1 Å². The van der Waals surface area contributed by atoms with Gasteiger partial charge in [0.2, 0.25) is 5.91 Å². The van der Waals surface area contributed by atoms with Crippen molar-refractivity contribution in [1.29, 1.82) is 0 Å². The lowest BCUT2D eigenvalue weighted by Gasteiger charge is -2.16. The Morgan fingerprint density at radius 2 is 1.85 bits per heavy atom. The second-order valence-electron chi connectivity index (χ2n) is 4.56. The molecule has 0 saturated carbocycles. The zero-order chi connectivity index (χ0) is 15.4. The van der Waals surface area contributed by atoms with E-state index < -0.39 is 35.1 Å². The number of benzene rings is 1. The molecule has 110 valence electrons. The number of nitrogens with two attached hydrogens (primary N) is 1. The quantitative estimate of drug-likeness (QED) is 0.825. The third kappa shape index (κ3) is 3.51. The average molecular weight is 286 g/mol. The minimum absolute atomic E-state index is 0.154. The van der Waals surface area contributed by atoms with Crippen molar-refractivity contribution in [3.05, 3.63) is 29.3 Å². The van der Waals surface area contributed by atoms with Crippen molar-refractivity contribution in [3.63, 3.8) is 0 Å². The Morgan fingerprint density at radius 1 is 1.25 bits per heavy atom. The molecule has 1 rings (SSSR count). The molecule has 0 spiro atoms. The summed E-state index contributed by atoms with van der Waals surface area (Å²) >= 11 is 0. The molecule has 1 atom stereocenters. The maximum atomic E-state index is 13.6. The summed E-state index contributed by atoms with van der Waals surface area (Å²) in [6.07, 6.45) is 0. The van der Waals surface area contributed by atoms with E-state index in [4.69, 9.17) is 5.73 Å². The van der Waals surface area contributed by atoms with Crippen LogP contribution in [-0.2, 0) is 9.53 Å². The number of hydrogen-bond donors (Lipinski definition) is 2. The monoisotopic (exact) mass is 286 g/mol. The summed E-state index contributed by atoms with van der Waals surface area (Å²) in [5.74, 6) is -3.81. The molecule has 1 amide bonds. The molecule has 7 heteroatoms. The van der Waals surface area contributed by atoms with E-state index in [0.29, 0.717) is 6.07 Å². The van der Waals surface area contributed by atoms with Crippen LogP contribution in [0.3, 0.4) is 0 Å². The van der Waals surface area contributed by atoms with E-state index in [1.807, 2.05) is 0 Å². The minimum atomic E-state index is -1.07. The Hall–Kier alpha value is -2.02. The van der Waals surface area contributed by atoms with E-state index in [1.54, 1.807) is 13.8 Å². The van der Waals surface area contributed by atoms with E-state index in [-0.39, 0.29) is 11.6 Å². The molecule has 0 saturated heterocycles. The Kier molecular flexibility index (Phi) is 5.15. The van der Waals surface area contributed by atoms with Gasteiger partial charge >= 0.3 is 5.97 Å². The first-order chi connectivity index (χ1) is 9.27. The second-order valence-corrected chi connectivity index (χ2v) is 4.56. The van der Waals surface area contributed by atoms with Gasteiger partial charge < -0.3 is 15.8 Å². The first kappa shape index (κ1) is 16.0. The van der Waals surface area contributed by atoms with Crippen LogP contribution in [0.5, 0.6) is 0 Å². The molecule has 0 aliphatic rings. The maximum Gasteiger partial charge on any atom is 0.340 e. The van der Waals surface area contributed by atoms with Crippen molar-refractivity contribution >= 4 is 17.6 Å². The standard InChI is InChI=1S/C13H16F2N2O3/c1-6(2)11(16)12(18)17-10-4-7(13(19)20-3)8(14)5-9(10)15/h4-6,11H,16H2,1-3H3,(H,17,18)/t11-/m0/s1. The third-order valence-electron chi connectivity index (χ3n) is 2.74. The van der Waals surface area contributed by atoms with Gasteiger partial charge in [0.1, 0.15) is 11.6 Å². The van der Waals surface area contributed by atoms with Gasteiger partial charge in [-0.2, -0.15) is 0 Å². The van der Waals surface area contributed by atoms with Crippen LogP contribution in [0.25, 0.3) is 0 Å². The van der Waals surface area contributed by atoms with Crippen LogP contribution in [-0.4, -0.2) is 25.0 Å². The molecule has 1 aromatic rings. The van der Waals surface area contributed by atoms with Crippen LogP contribution in [0.1, 0.15) is 24.2 Å². The number of nitrogens with one attached hydrogen (secondary N) is 1. The molecule has 1 aromatic carbocycles. The minimum Gasteiger partial charge on any atom is -0.465 e. The van der Waals surface area contributed by atoms with Gasteiger partial charge in [-0.05, 0) is 12.0 Å². The molecule has 0 heterocycles. The summed E-state index contributed by atoms with van der Waals surface area (Å²) in [4.78, 5) is 23.0. The summed E-state index contributed by atoms with van der Waals surface area (Å²) in [7, 11) is 1.07. The summed E-state index contributed by atoms with van der Waals surface area (Å²) in [5, 5.41) is 2.22.